The summed E-state index contributed by atoms with van der Waals surface area (Å²) in [4.78, 5) is 19.1. The predicted octanol–water partition coefficient (Wildman–Crippen LogP) is 3.58. The lowest BCUT2D eigenvalue weighted by Crippen LogP contribution is -2.30. The van der Waals surface area contributed by atoms with Gasteiger partial charge in [0.15, 0.2) is 0 Å². The average Bonchev–Trinajstić information content (AvgIpc) is 3.37. The SMILES string of the molecule is C[C@]1(O)CCN(c2ncc(C(=O)Nc3ccc(OC(F)(F)F)cc3)cc2-c2ccn[nH]2)C1. The third-order valence-corrected chi connectivity index (χ3v) is 5.02. The number of pyridine rings is 1. The van der Waals surface area contributed by atoms with Gasteiger partial charge in [0, 0.05) is 36.7 Å². The van der Waals surface area contributed by atoms with E-state index in [1.807, 2.05) is 4.90 Å². The number of β-amino-alcohol motifs (C(OH)–C–C–N with tert-alkyl or cyclic N) is 1. The number of hydrogen-bond donors (Lipinski definition) is 3. The highest BCUT2D eigenvalue weighted by Crippen LogP contribution is 2.33. The maximum Gasteiger partial charge on any atom is 0.573 e. The van der Waals surface area contributed by atoms with E-state index >= 15 is 0 Å². The van der Waals surface area contributed by atoms with Crippen molar-refractivity contribution in [2.75, 3.05) is 23.3 Å². The largest absolute Gasteiger partial charge is 0.573 e. The minimum atomic E-state index is -4.79. The predicted molar refractivity (Wildman–Crippen MR) is 110 cm³/mol. The van der Waals surface area contributed by atoms with Gasteiger partial charge < -0.3 is 20.1 Å². The van der Waals surface area contributed by atoms with E-state index in [0.29, 0.717) is 42.3 Å². The zero-order chi connectivity index (χ0) is 22.9. The molecule has 8 nitrogen and oxygen atoms in total. The number of carbonyl (C=O) groups excluding carboxylic acids is 1. The summed E-state index contributed by atoms with van der Waals surface area (Å²) in [5, 5.41) is 19.8. The standard InChI is InChI=1S/C21H20F3N5O3/c1-20(31)7-9-29(12-20)18-16(17-6-8-26-28-17)10-13(11-25-18)19(30)27-14-2-4-15(5-3-14)32-21(22,23)24/h2-6,8,10-11,31H,7,9,12H2,1H3,(H,26,28)(H,27,30)/t20-/m0/s1. The van der Waals surface area contributed by atoms with Crippen molar-refractivity contribution >= 4 is 17.4 Å². The number of nitrogens with zero attached hydrogens (tertiary/aromatic N) is 3. The number of aliphatic hydroxyl groups is 1. The molecule has 1 aliphatic rings. The zero-order valence-corrected chi connectivity index (χ0v) is 17.0. The molecule has 0 radical (unpaired) electrons. The summed E-state index contributed by atoms with van der Waals surface area (Å²) in [7, 11) is 0. The second-order valence-corrected chi connectivity index (χ2v) is 7.76. The molecule has 0 aliphatic carbocycles. The third-order valence-electron chi connectivity index (χ3n) is 5.02. The Morgan fingerprint density at radius 3 is 2.62 bits per heavy atom. The molecule has 3 N–H and O–H groups in total. The Labute approximate surface area is 181 Å². The Kier molecular flexibility index (Phi) is 5.51. The van der Waals surface area contributed by atoms with Crippen LogP contribution in [0.2, 0.25) is 0 Å². The van der Waals surface area contributed by atoms with Gasteiger partial charge in [-0.3, -0.25) is 9.89 Å². The minimum Gasteiger partial charge on any atom is -0.406 e. The van der Waals surface area contributed by atoms with Crippen LogP contribution in [0.1, 0.15) is 23.7 Å². The normalized spacial score (nSPS) is 18.6. The van der Waals surface area contributed by atoms with Gasteiger partial charge in [-0.2, -0.15) is 5.10 Å². The first-order valence-corrected chi connectivity index (χ1v) is 9.74. The van der Waals surface area contributed by atoms with Crippen molar-refractivity contribution in [3.05, 3.63) is 54.4 Å². The molecular weight excluding hydrogens is 427 g/mol. The summed E-state index contributed by atoms with van der Waals surface area (Å²) >= 11 is 0. The molecule has 0 unspecified atom stereocenters. The van der Waals surface area contributed by atoms with Gasteiger partial charge in [-0.25, -0.2) is 4.98 Å². The first-order valence-electron chi connectivity index (χ1n) is 9.74. The molecule has 32 heavy (non-hydrogen) atoms. The highest BCUT2D eigenvalue weighted by atomic mass is 19.4. The maximum atomic E-state index is 12.7. The van der Waals surface area contributed by atoms with Crippen LogP contribution in [0.25, 0.3) is 11.3 Å². The molecule has 1 aliphatic heterocycles. The van der Waals surface area contributed by atoms with E-state index in [9.17, 15) is 23.1 Å². The van der Waals surface area contributed by atoms with Crippen molar-refractivity contribution in [1.82, 2.24) is 15.2 Å². The number of anilines is 2. The van der Waals surface area contributed by atoms with Gasteiger partial charge in [0.05, 0.1) is 16.9 Å². The molecule has 1 aromatic carbocycles. The quantitative estimate of drug-likeness (QED) is 0.553. The number of amides is 1. The lowest BCUT2D eigenvalue weighted by molar-refractivity contribution is -0.274. The van der Waals surface area contributed by atoms with Crippen molar-refractivity contribution in [2.24, 2.45) is 0 Å². The molecule has 4 rings (SSSR count). The van der Waals surface area contributed by atoms with E-state index in [1.54, 1.807) is 25.3 Å². The van der Waals surface area contributed by atoms with Crippen LogP contribution in [0, 0.1) is 0 Å². The van der Waals surface area contributed by atoms with Crippen LogP contribution in [0.5, 0.6) is 5.75 Å². The molecule has 3 aromatic rings. The Morgan fingerprint density at radius 1 is 1.28 bits per heavy atom. The van der Waals surface area contributed by atoms with Crippen molar-refractivity contribution in [2.45, 2.75) is 25.3 Å². The second-order valence-electron chi connectivity index (χ2n) is 7.76. The van der Waals surface area contributed by atoms with Crippen LogP contribution in [-0.4, -0.2) is 51.2 Å². The third kappa shape index (κ3) is 4.99. The van der Waals surface area contributed by atoms with Crippen LogP contribution in [0.4, 0.5) is 24.7 Å². The van der Waals surface area contributed by atoms with Crippen LogP contribution < -0.4 is 15.0 Å². The number of benzene rings is 1. The number of halogens is 3. The molecule has 0 bridgehead atoms. The number of carbonyl (C=O) groups is 1. The summed E-state index contributed by atoms with van der Waals surface area (Å²) in [5.41, 5.74) is 1.02. The van der Waals surface area contributed by atoms with E-state index < -0.39 is 17.9 Å². The first-order chi connectivity index (χ1) is 15.1. The second kappa shape index (κ2) is 8.15. The van der Waals surface area contributed by atoms with E-state index in [4.69, 9.17) is 0 Å². The van der Waals surface area contributed by atoms with Crippen molar-refractivity contribution in [1.29, 1.82) is 0 Å². The van der Waals surface area contributed by atoms with Crippen LogP contribution >= 0.6 is 0 Å². The molecule has 1 atom stereocenters. The number of aromatic nitrogens is 3. The summed E-state index contributed by atoms with van der Waals surface area (Å²) in [6.45, 7) is 2.77. The lowest BCUT2D eigenvalue weighted by atomic mass is 10.1. The molecule has 1 fully saturated rings. The Balaban J connectivity index is 1.56. The first kappa shape index (κ1) is 21.6. The Bertz CT molecular complexity index is 1100. The zero-order valence-electron chi connectivity index (χ0n) is 17.0. The summed E-state index contributed by atoms with van der Waals surface area (Å²) < 4.78 is 40.7. The van der Waals surface area contributed by atoms with Crippen molar-refractivity contribution in [3.63, 3.8) is 0 Å². The Hall–Kier alpha value is -3.60. The fraction of sp³-hybridized carbons (Fsp3) is 0.286. The van der Waals surface area contributed by atoms with E-state index in [-0.39, 0.29) is 11.3 Å². The van der Waals surface area contributed by atoms with Gasteiger partial charge in [0.1, 0.15) is 11.6 Å². The van der Waals surface area contributed by atoms with E-state index in [1.165, 1.54) is 18.3 Å². The highest BCUT2D eigenvalue weighted by Gasteiger charge is 2.33. The number of alkyl halides is 3. The Morgan fingerprint density at radius 2 is 2.03 bits per heavy atom. The number of nitrogens with one attached hydrogen (secondary N) is 2. The molecular formula is C21H20F3N5O3. The summed E-state index contributed by atoms with van der Waals surface area (Å²) in [6.07, 6.45) is -1.20. The number of rotatable bonds is 5. The molecule has 168 valence electrons. The van der Waals surface area contributed by atoms with Gasteiger partial charge in [-0.05, 0) is 49.7 Å². The van der Waals surface area contributed by atoms with E-state index in [0.717, 1.165) is 12.1 Å². The van der Waals surface area contributed by atoms with Crippen LogP contribution in [-0.2, 0) is 0 Å². The van der Waals surface area contributed by atoms with Gasteiger partial charge in [-0.1, -0.05) is 0 Å². The monoisotopic (exact) mass is 447 g/mol. The van der Waals surface area contributed by atoms with Gasteiger partial charge in [0.25, 0.3) is 5.91 Å². The van der Waals surface area contributed by atoms with Gasteiger partial charge >= 0.3 is 6.36 Å². The minimum absolute atomic E-state index is 0.250. The summed E-state index contributed by atoms with van der Waals surface area (Å²) in [5.74, 6) is -0.260. The van der Waals surface area contributed by atoms with Gasteiger partial charge in [-0.15, -0.1) is 13.2 Å². The molecule has 0 saturated carbocycles. The van der Waals surface area contributed by atoms with Crippen LogP contribution in [0.3, 0.4) is 0 Å². The smallest absolute Gasteiger partial charge is 0.406 e. The number of aromatic amines is 1. The topological polar surface area (TPSA) is 103 Å². The molecule has 3 heterocycles. The fourth-order valence-corrected chi connectivity index (χ4v) is 3.51. The van der Waals surface area contributed by atoms with Crippen molar-refractivity contribution in [3.8, 4) is 17.0 Å². The highest BCUT2D eigenvalue weighted by molar-refractivity contribution is 6.05. The number of H-pyrrole nitrogens is 1. The fourth-order valence-electron chi connectivity index (χ4n) is 3.51. The van der Waals surface area contributed by atoms with Gasteiger partial charge in [0.2, 0.25) is 0 Å². The maximum absolute atomic E-state index is 12.7. The molecule has 1 saturated heterocycles. The molecule has 1 amide bonds. The summed E-state index contributed by atoms with van der Waals surface area (Å²) in [6, 6.07) is 8.24. The van der Waals surface area contributed by atoms with Crippen molar-refractivity contribution < 1.29 is 27.8 Å². The number of ether oxygens (including phenoxy) is 1. The lowest BCUT2D eigenvalue weighted by Gasteiger charge is -2.22. The number of hydrogen-bond acceptors (Lipinski definition) is 6. The molecule has 2 aromatic heterocycles. The van der Waals surface area contributed by atoms with Crippen LogP contribution in [0.15, 0.2) is 48.8 Å². The average molecular weight is 447 g/mol. The molecule has 0 spiro atoms. The molecule has 11 heteroatoms. The van der Waals surface area contributed by atoms with E-state index in [2.05, 4.69) is 25.2 Å².